The van der Waals surface area contributed by atoms with Gasteiger partial charge < -0.3 is 15.0 Å². The fourth-order valence-electron chi connectivity index (χ4n) is 4.08. The van der Waals surface area contributed by atoms with E-state index in [-0.39, 0.29) is 23.4 Å². The first-order chi connectivity index (χ1) is 18.6. The van der Waals surface area contributed by atoms with Crippen molar-refractivity contribution < 1.29 is 22.7 Å². The molecule has 0 fully saturated rings. The molecule has 8 nitrogen and oxygen atoms in total. The summed E-state index contributed by atoms with van der Waals surface area (Å²) in [6, 6.07) is 20.4. The molecule has 0 aliphatic carbocycles. The highest BCUT2D eigenvalue weighted by Gasteiger charge is 2.33. The van der Waals surface area contributed by atoms with Crippen LogP contribution in [-0.2, 0) is 26.2 Å². The number of hydrogen-bond acceptors (Lipinski definition) is 5. The molecule has 0 aliphatic rings. The van der Waals surface area contributed by atoms with Crippen LogP contribution in [0, 0.1) is 0 Å². The number of nitrogens with zero attached hydrogens (tertiary/aromatic N) is 2. The molecule has 10 heteroatoms. The lowest BCUT2D eigenvalue weighted by molar-refractivity contribution is -0.140. The van der Waals surface area contributed by atoms with E-state index in [2.05, 4.69) is 5.32 Å². The SMILES string of the molecule is CCC(C(=O)NC(C)C)N(Cc1ccc(Cl)cc1)C(=O)CN(c1ccc(OC)cc1)S(=O)(=O)c1ccccc1. The van der Waals surface area contributed by atoms with Crippen LogP contribution in [0.4, 0.5) is 5.69 Å². The molecule has 2 amide bonds. The van der Waals surface area contributed by atoms with Crippen molar-refractivity contribution in [1.82, 2.24) is 10.2 Å². The Morgan fingerprint density at radius 2 is 1.56 bits per heavy atom. The molecule has 0 bridgehead atoms. The van der Waals surface area contributed by atoms with Crippen LogP contribution in [0.5, 0.6) is 5.75 Å². The van der Waals surface area contributed by atoms with Gasteiger partial charge in [0.1, 0.15) is 18.3 Å². The van der Waals surface area contributed by atoms with Crippen molar-refractivity contribution in [2.24, 2.45) is 0 Å². The third-order valence-electron chi connectivity index (χ3n) is 6.05. The Balaban J connectivity index is 2.05. The van der Waals surface area contributed by atoms with Crippen LogP contribution >= 0.6 is 11.6 Å². The highest BCUT2D eigenvalue weighted by Crippen LogP contribution is 2.27. The van der Waals surface area contributed by atoms with Gasteiger partial charge in [-0.25, -0.2) is 8.42 Å². The number of amides is 2. The highest BCUT2D eigenvalue weighted by atomic mass is 35.5. The molecule has 1 atom stereocenters. The normalized spacial score (nSPS) is 12.1. The Labute approximate surface area is 235 Å². The van der Waals surface area contributed by atoms with Gasteiger partial charge in [-0.1, -0.05) is 48.9 Å². The van der Waals surface area contributed by atoms with E-state index in [1.807, 2.05) is 20.8 Å². The number of rotatable bonds is 12. The Kier molecular flexibility index (Phi) is 10.4. The van der Waals surface area contributed by atoms with Crippen LogP contribution in [-0.4, -0.2) is 50.9 Å². The third-order valence-corrected chi connectivity index (χ3v) is 8.09. The Bertz CT molecular complexity index is 1350. The van der Waals surface area contributed by atoms with Crippen molar-refractivity contribution in [3.63, 3.8) is 0 Å². The molecule has 0 radical (unpaired) electrons. The zero-order valence-electron chi connectivity index (χ0n) is 22.5. The predicted octanol–water partition coefficient (Wildman–Crippen LogP) is 4.88. The molecule has 1 unspecified atom stereocenters. The fraction of sp³-hybridized carbons (Fsp3) is 0.310. The quantitative estimate of drug-likeness (QED) is 0.334. The van der Waals surface area contributed by atoms with E-state index < -0.39 is 28.5 Å². The van der Waals surface area contributed by atoms with Crippen molar-refractivity contribution in [3.8, 4) is 5.75 Å². The number of hydrogen-bond donors (Lipinski definition) is 1. The van der Waals surface area contributed by atoms with Gasteiger partial charge in [-0.15, -0.1) is 0 Å². The maximum Gasteiger partial charge on any atom is 0.264 e. The van der Waals surface area contributed by atoms with Crippen molar-refractivity contribution in [2.45, 2.75) is 50.7 Å². The summed E-state index contributed by atoms with van der Waals surface area (Å²) in [5, 5.41) is 3.42. The zero-order chi connectivity index (χ0) is 28.6. The molecule has 3 aromatic carbocycles. The van der Waals surface area contributed by atoms with Crippen LogP contribution in [0.15, 0.2) is 83.8 Å². The minimum Gasteiger partial charge on any atom is -0.497 e. The molecule has 0 saturated heterocycles. The number of carbonyl (C=O) groups is 2. The molecule has 1 N–H and O–H groups in total. The zero-order valence-corrected chi connectivity index (χ0v) is 24.1. The van der Waals surface area contributed by atoms with E-state index in [1.54, 1.807) is 66.7 Å². The number of halogens is 1. The lowest BCUT2D eigenvalue weighted by atomic mass is 10.1. The van der Waals surface area contributed by atoms with Gasteiger partial charge in [-0.05, 0) is 74.4 Å². The summed E-state index contributed by atoms with van der Waals surface area (Å²) in [5.74, 6) is -0.286. The average Bonchev–Trinajstić information content (AvgIpc) is 2.92. The number of carbonyl (C=O) groups excluding carboxylic acids is 2. The summed E-state index contributed by atoms with van der Waals surface area (Å²) in [6.45, 7) is 5.08. The van der Waals surface area contributed by atoms with Gasteiger partial charge in [0.25, 0.3) is 10.0 Å². The largest absolute Gasteiger partial charge is 0.497 e. The molecule has 39 heavy (non-hydrogen) atoms. The Hall–Kier alpha value is -3.56. The summed E-state index contributed by atoms with van der Waals surface area (Å²) in [7, 11) is -2.61. The van der Waals surface area contributed by atoms with Crippen LogP contribution in [0.2, 0.25) is 5.02 Å². The van der Waals surface area contributed by atoms with Crippen LogP contribution in [0.25, 0.3) is 0 Å². The van der Waals surface area contributed by atoms with E-state index in [1.165, 1.54) is 24.1 Å². The summed E-state index contributed by atoms with van der Waals surface area (Å²) >= 11 is 6.05. The predicted molar refractivity (Wildman–Crippen MR) is 153 cm³/mol. The minimum absolute atomic E-state index is 0.0439. The van der Waals surface area contributed by atoms with Gasteiger partial charge in [-0.2, -0.15) is 0 Å². The summed E-state index contributed by atoms with van der Waals surface area (Å²) in [5.41, 5.74) is 1.05. The third kappa shape index (κ3) is 7.74. The lowest BCUT2D eigenvalue weighted by Crippen LogP contribution is -2.53. The fourth-order valence-corrected chi connectivity index (χ4v) is 5.64. The van der Waals surface area contributed by atoms with E-state index in [4.69, 9.17) is 16.3 Å². The lowest BCUT2D eigenvalue weighted by Gasteiger charge is -2.33. The number of benzene rings is 3. The Morgan fingerprint density at radius 1 is 0.949 bits per heavy atom. The highest BCUT2D eigenvalue weighted by molar-refractivity contribution is 7.92. The minimum atomic E-state index is -4.13. The number of methoxy groups -OCH3 is 1. The molecular weight excluding hydrogens is 538 g/mol. The van der Waals surface area contributed by atoms with Gasteiger partial charge in [0.05, 0.1) is 17.7 Å². The van der Waals surface area contributed by atoms with Gasteiger partial charge in [-0.3, -0.25) is 13.9 Å². The summed E-state index contributed by atoms with van der Waals surface area (Å²) in [6.07, 6.45) is 0.339. The molecule has 0 heterocycles. The first kappa shape index (κ1) is 30.0. The second-order valence-corrected chi connectivity index (χ2v) is 11.6. The number of sulfonamides is 1. The summed E-state index contributed by atoms with van der Waals surface area (Å²) < 4.78 is 33.9. The first-order valence-electron chi connectivity index (χ1n) is 12.6. The molecule has 3 rings (SSSR count). The summed E-state index contributed by atoms with van der Waals surface area (Å²) in [4.78, 5) is 28.6. The van der Waals surface area contributed by atoms with Crippen molar-refractivity contribution in [2.75, 3.05) is 18.0 Å². The molecule has 0 aliphatic heterocycles. The number of anilines is 1. The van der Waals surface area contributed by atoms with Gasteiger partial charge >= 0.3 is 0 Å². The first-order valence-corrected chi connectivity index (χ1v) is 14.4. The Morgan fingerprint density at radius 3 is 2.10 bits per heavy atom. The second-order valence-electron chi connectivity index (χ2n) is 9.26. The van der Waals surface area contributed by atoms with E-state index >= 15 is 0 Å². The van der Waals surface area contributed by atoms with Crippen LogP contribution in [0.3, 0.4) is 0 Å². The van der Waals surface area contributed by atoms with Crippen LogP contribution in [0.1, 0.15) is 32.8 Å². The van der Waals surface area contributed by atoms with E-state index in [0.717, 1.165) is 9.87 Å². The molecular formula is C29H34ClN3O5S. The number of ether oxygens (including phenoxy) is 1. The van der Waals surface area contributed by atoms with Crippen molar-refractivity contribution in [1.29, 1.82) is 0 Å². The van der Waals surface area contributed by atoms with Crippen molar-refractivity contribution >= 4 is 39.1 Å². The van der Waals surface area contributed by atoms with Gasteiger partial charge in [0.2, 0.25) is 11.8 Å². The smallest absolute Gasteiger partial charge is 0.264 e. The number of nitrogens with one attached hydrogen (secondary N) is 1. The van der Waals surface area contributed by atoms with Gasteiger partial charge in [0.15, 0.2) is 0 Å². The molecule has 3 aromatic rings. The molecule has 0 spiro atoms. The average molecular weight is 572 g/mol. The van der Waals surface area contributed by atoms with Crippen LogP contribution < -0.4 is 14.4 Å². The monoisotopic (exact) mass is 571 g/mol. The van der Waals surface area contributed by atoms with Gasteiger partial charge in [0, 0.05) is 17.6 Å². The second kappa shape index (κ2) is 13.5. The topological polar surface area (TPSA) is 96.0 Å². The molecule has 0 aromatic heterocycles. The maximum absolute atomic E-state index is 14.0. The maximum atomic E-state index is 14.0. The van der Waals surface area contributed by atoms with E-state index in [9.17, 15) is 18.0 Å². The molecule has 208 valence electrons. The van der Waals surface area contributed by atoms with Crippen molar-refractivity contribution in [3.05, 3.63) is 89.4 Å². The van der Waals surface area contributed by atoms with E-state index in [0.29, 0.717) is 22.9 Å². The standard InChI is InChI=1S/C29H34ClN3O5S/c1-5-27(29(35)31-21(2)3)32(19-22-11-13-23(30)14-12-22)28(34)20-33(24-15-17-25(38-4)18-16-24)39(36,37)26-9-7-6-8-10-26/h6-18,21,27H,5,19-20H2,1-4H3,(H,31,35). The molecule has 0 saturated carbocycles.